The second-order valence-corrected chi connectivity index (χ2v) is 3.51. The van der Waals surface area contributed by atoms with Crippen LogP contribution in [-0.2, 0) is 12.6 Å². The van der Waals surface area contributed by atoms with Crippen molar-refractivity contribution in [2.45, 2.75) is 32.9 Å². The summed E-state index contributed by atoms with van der Waals surface area (Å²) in [5, 5.41) is -0.100. The summed E-state index contributed by atoms with van der Waals surface area (Å²) in [6.07, 6.45) is -3.17. The smallest absolute Gasteiger partial charge is 0.229 e. The third-order valence-electron chi connectivity index (χ3n) is 1.92. The number of nitrogens with zero attached hydrogens (tertiary/aromatic N) is 2. The Labute approximate surface area is 90.5 Å². The second kappa shape index (κ2) is 4.35. The van der Waals surface area contributed by atoms with Crippen LogP contribution in [0.4, 0.5) is 13.2 Å². The van der Waals surface area contributed by atoms with Crippen molar-refractivity contribution in [3.05, 3.63) is 22.2 Å². The summed E-state index contributed by atoms with van der Waals surface area (Å²) in [4.78, 5) is 6.66. The summed E-state index contributed by atoms with van der Waals surface area (Å²) in [7, 11) is 0. The quantitative estimate of drug-likeness (QED) is 0.738. The molecule has 0 saturated carbocycles. The van der Waals surface area contributed by atoms with Crippen molar-refractivity contribution in [1.82, 2.24) is 9.97 Å². The monoisotopic (exact) mass is 238 g/mol. The van der Waals surface area contributed by atoms with E-state index in [1.165, 1.54) is 6.92 Å². The predicted octanol–water partition coefficient (Wildman–Crippen LogP) is 3.41. The minimum Gasteiger partial charge on any atom is -0.229 e. The normalized spacial score (nSPS) is 11.9. The maximum atomic E-state index is 12.3. The highest BCUT2D eigenvalue weighted by molar-refractivity contribution is 6.30. The van der Waals surface area contributed by atoms with Crippen LogP contribution in [0.2, 0.25) is 5.15 Å². The minimum atomic E-state index is -4.54. The molecule has 0 saturated heterocycles. The number of hydrogen-bond donors (Lipinski definition) is 0. The Balaban J connectivity index is 3.19. The topological polar surface area (TPSA) is 25.8 Å². The van der Waals surface area contributed by atoms with E-state index >= 15 is 0 Å². The Hall–Kier alpha value is -0.840. The maximum absolute atomic E-state index is 12.3. The van der Waals surface area contributed by atoms with Crippen molar-refractivity contribution in [2.24, 2.45) is 0 Å². The predicted molar refractivity (Wildman–Crippen MR) is 50.8 cm³/mol. The van der Waals surface area contributed by atoms with Gasteiger partial charge in [0.1, 0.15) is 5.15 Å². The van der Waals surface area contributed by atoms with Gasteiger partial charge < -0.3 is 0 Å². The summed E-state index contributed by atoms with van der Waals surface area (Å²) in [5.41, 5.74) is 0.886. The molecule has 2 nitrogen and oxygen atoms in total. The Morgan fingerprint density at radius 1 is 1.27 bits per heavy atom. The molecule has 0 aliphatic heterocycles. The molecule has 0 N–H and O–H groups in total. The molecule has 15 heavy (non-hydrogen) atoms. The van der Waals surface area contributed by atoms with E-state index in [2.05, 4.69) is 9.97 Å². The van der Waals surface area contributed by atoms with E-state index in [4.69, 9.17) is 11.6 Å². The molecule has 0 amide bonds. The van der Waals surface area contributed by atoms with Gasteiger partial charge in [-0.05, 0) is 13.3 Å². The molecule has 0 atom stereocenters. The summed E-state index contributed by atoms with van der Waals surface area (Å²) in [6, 6.07) is 0. The SMILES string of the molecule is CCCc1c(C)nc(C(F)(F)F)nc1Cl. The molecule has 1 rings (SSSR count). The third-order valence-corrected chi connectivity index (χ3v) is 2.23. The summed E-state index contributed by atoms with van der Waals surface area (Å²) >= 11 is 5.67. The van der Waals surface area contributed by atoms with E-state index in [0.717, 1.165) is 6.42 Å². The van der Waals surface area contributed by atoms with Gasteiger partial charge in [-0.2, -0.15) is 13.2 Å². The van der Waals surface area contributed by atoms with Gasteiger partial charge in [-0.15, -0.1) is 0 Å². The molecule has 1 aromatic heterocycles. The van der Waals surface area contributed by atoms with Gasteiger partial charge in [0.2, 0.25) is 5.82 Å². The fraction of sp³-hybridized carbons (Fsp3) is 0.556. The van der Waals surface area contributed by atoms with E-state index in [-0.39, 0.29) is 5.15 Å². The van der Waals surface area contributed by atoms with Gasteiger partial charge in [-0.3, -0.25) is 0 Å². The van der Waals surface area contributed by atoms with Crippen LogP contribution >= 0.6 is 11.6 Å². The molecule has 0 radical (unpaired) electrons. The average molecular weight is 239 g/mol. The third kappa shape index (κ3) is 2.81. The highest BCUT2D eigenvalue weighted by atomic mass is 35.5. The molecule has 0 fully saturated rings. The maximum Gasteiger partial charge on any atom is 0.451 e. The lowest BCUT2D eigenvalue weighted by Crippen LogP contribution is -2.13. The molecule has 0 unspecified atom stereocenters. The Bertz CT molecular complexity index is 340. The van der Waals surface area contributed by atoms with Crippen LogP contribution < -0.4 is 0 Å². The standard InChI is InChI=1S/C9H10ClF3N2/c1-3-4-6-5(2)14-8(9(11,12)13)15-7(6)10/h3-4H2,1-2H3. The van der Waals surface area contributed by atoms with Gasteiger partial charge in [-0.1, -0.05) is 24.9 Å². The zero-order valence-corrected chi connectivity index (χ0v) is 9.08. The molecule has 0 aliphatic carbocycles. The fourth-order valence-corrected chi connectivity index (χ4v) is 1.53. The lowest BCUT2D eigenvalue weighted by Gasteiger charge is -2.10. The van der Waals surface area contributed by atoms with Crippen molar-refractivity contribution in [1.29, 1.82) is 0 Å². The van der Waals surface area contributed by atoms with Gasteiger partial charge >= 0.3 is 6.18 Å². The first-order valence-electron chi connectivity index (χ1n) is 4.46. The number of aromatic nitrogens is 2. The summed E-state index contributed by atoms with van der Waals surface area (Å²) in [5.74, 6) is -1.18. The van der Waals surface area contributed by atoms with Gasteiger partial charge in [-0.25, -0.2) is 9.97 Å². The molecule has 84 valence electrons. The molecule has 0 aromatic carbocycles. The first-order valence-corrected chi connectivity index (χ1v) is 4.84. The molecule has 1 aromatic rings. The van der Waals surface area contributed by atoms with Crippen LogP contribution in [0.5, 0.6) is 0 Å². The van der Waals surface area contributed by atoms with E-state index < -0.39 is 12.0 Å². The molecule has 0 bridgehead atoms. The molecular weight excluding hydrogens is 229 g/mol. The van der Waals surface area contributed by atoms with Gasteiger partial charge in [0.25, 0.3) is 0 Å². The zero-order valence-electron chi connectivity index (χ0n) is 8.32. The number of hydrogen-bond acceptors (Lipinski definition) is 2. The molecule has 1 heterocycles. The summed E-state index contributed by atoms with van der Waals surface area (Å²) < 4.78 is 36.8. The molecule has 6 heteroatoms. The van der Waals surface area contributed by atoms with E-state index in [0.29, 0.717) is 17.7 Å². The van der Waals surface area contributed by atoms with Crippen molar-refractivity contribution >= 4 is 11.6 Å². The van der Waals surface area contributed by atoms with Crippen LogP contribution in [0.15, 0.2) is 0 Å². The molecule has 0 spiro atoms. The van der Waals surface area contributed by atoms with E-state index in [9.17, 15) is 13.2 Å². The second-order valence-electron chi connectivity index (χ2n) is 3.15. The van der Waals surface area contributed by atoms with Gasteiger partial charge in [0.05, 0.1) is 0 Å². The Morgan fingerprint density at radius 3 is 2.27 bits per heavy atom. The number of rotatable bonds is 2. The molecule has 0 aliphatic rings. The largest absolute Gasteiger partial charge is 0.451 e. The van der Waals surface area contributed by atoms with Gasteiger partial charge in [0, 0.05) is 11.3 Å². The zero-order chi connectivity index (χ0) is 11.6. The first kappa shape index (κ1) is 12.2. The lowest BCUT2D eigenvalue weighted by atomic mass is 10.1. The number of halogens is 4. The summed E-state index contributed by atoms with van der Waals surface area (Å²) in [6.45, 7) is 3.42. The minimum absolute atomic E-state index is 0.100. The van der Waals surface area contributed by atoms with Crippen LogP contribution in [-0.4, -0.2) is 9.97 Å². The van der Waals surface area contributed by atoms with Crippen LogP contribution in [0.1, 0.15) is 30.4 Å². The number of alkyl halides is 3. The average Bonchev–Trinajstić information content (AvgIpc) is 2.09. The molecular formula is C9H10ClF3N2. The highest BCUT2D eigenvalue weighted by Crippen LogP contribution is 2.29. The van der Waals surface area contributed by atoms with Crippen LogP contribution in [0, 0.1) is 6.92 Å². The van der Waals surface area contributed by atoms with Crippen molar-refractivity contribution in [3.63, 3.8) is 0 Å². The van der Waals surface area contributed by atoms with Crippen molar-refractivity contribution < 1.29 is 13.2 Å². The fourth-order valence-electron chi connectivity index (χ4n) is 1.22. The Kier molecular flexibility index (Phi) is 3.54. The van der Waals surface area contributed by atoms with Crippen molar-refractivity contribution in [2.75, 3.05) is 0 Å². The Morgan fingerprint density at radius 2 is 1.87 bits per heavy atom. The number of aryl methyl sites for hydroxylation is 1. The first-order chi connectivity index (χ1) is 6.86. The van der Waals surface area contributed by atoms with Crippen molar-refractivity contribution in [3.8, 4) is 0 Å². The van der Waals surface area contributed by atoms with Gasteiger partial charge in [0.15, 0.2) is 0 Å². The van der Waals surface area contributed by atoms with Crippen LogP contribution in [0.3, 0.4) is 0 Å². The van der Waals surface area contributed by atoms with E-state index in [1.54, 1.807) is 0 Å². The lowest BCUT2D eigenvalue weighted by molar-refractivity contribution is -0.145. The van der Waals surface area contributed by atoms with E-state index in [1.807, 2.05) is 6.92 Å². The highest BCUT2D eigenvalue weighted by Gasteiger charge is 2.35. The van der Waals surface area contributed by atoms with Crippen LogP contribution in [0.25, 0.3) is 0 Å².